The second kappa shape index (κ2) is 8.45. The van der Waals surface area contributed by atoms with Crippen LogP contribution in [-0.2, 0) is 13.2 Å². The Morgan fingerprint density at radius 1 is 1.29 bits per heavy atom. The molecular weight excluding hydrogens is 368 g/mol. The van der Waals surface area contributed by atoms with Crippen LogP contribution >= 0.6 is 11.3 Å². The van der Waals surface area contributed by atoms with E-state index < -0.39 is 0 Å². The predicted octanol–water partition coefficient (Wildman–Crippen LogP) is 4.87. The molecule has 0 amide bonds. The summed E-state index contributed by atoms with van der Waals surface area (Å²) in [5.74, 6) is 1.92. The van der Waals surface area contributed by atoms with Crippen molar-refractivity contribution in [3.8, 4) is 5.75 Å². The van der Waals surface area contributed by atoms with Gasteiger partial charge in [0.1, 0.15) is 12.4 Å². The smallest absolute Gasteiger partial charge is 0.130 e. The first-order valence-electron chi connectivity index (χ1n) is 9.97. The Morgan fingerprint density at radius 3 is 2.82 bits per heavy atom. The van der Waals surface area contributed by atoms with Crippen LogP contribution in [0.1, 0.15) is 58.9 Å². The topological polar surface area (TPSA) is 54.0 Å². The van der Waals surface area contributed by atoms with Crippen LogP contribution in [0.15, 0.2) is 36.5 Å². The molecule has 1 aromatic carbocycles. The molecular formula is C22H28N4OS. The summed E-state index contributed by atoms with van der Waals surface area (Å²) in [5, 5.41) is 8.84. The van der Waals surface area contributed by atoms with Crippen molar-refractivity contribution in [3.05, 3.63) is 63.4 Å². The lowest BCUT2D eigenvalue weighted by atomic mass is 10.0. The molecule has 0 saturated carbocycles. The van der Waals surface area contributed by atoms with Gasteiger partial charge in [0.25, 0.3) is 0 Å². The highest BCUT2D eigenvalue weighted by atomic mass is 32.1. The molecule has 2 aromatic heterocycles. The second-order valence-corrected chi connectivity index (χ2v) is 9.22. The Hall–Kier alpha value is -2.18. The predicted molar refractivity (Wildman–Crippen MR) is 113 cm³/mol. The summed E-state index contributed by atoms with van der Waals surface area (Å²) in [6, 6.07) is 10.5. The summed E-state index contributed by atoms with van der Waals surface area (Å²) in [6.07, 6.45) is 3.16. The van der Waals surface area contributed by atoms with Crippen LogP contribution in [0.25, 0.3) is 0 Å². The van der Waals surface area contributed by atoms with E-state index in [2.05, 4.69) is 59.1 Å². The normalized spacial score (nSPS) is 17.5. The van der Waals surface area contributed by atoms with Crippen molar-refractivity contribution < 1.29 is 4.74 Å². The van der Waals surface area contributed by atoms with Crippen LogP contribution in [0.4, 0.5) is 0 Å². The van der Waals surface area contributed by atoms with Crippen molar-refractivity contribution in [1.29, 1.82) is 0 Å². The first-order chi connectivity index (χ1) is 13.6. The number of aromatic amines is 1. The zero-order chi connectivity index (χ0) is 19.5. The third-order valence-corrected chi connectivity index (χ3v) is 6.23. The van der Waals surface area contributed by atoms with E-state index in [0.29, 0.717) is 18.4 Å². The molecule has 148 valence electrons. The largest absolute Gasteiger partial charge is 0.487 e. The van der Waals surface area contributed by atoms with Gasteiger partial charge in [-0.2, -0.15) is 5.10 Å². The molecule has 0 unspecified atom stereocenters. The van der Waals surface area contributed by atoms with Gasteiger partial charge in [-0.05, 0) is 49.6 Å². The van der Waals surface area contributed by atoms with E-state index in [1.165, 1.54) is 10.4 Å². The number of hydrogen-bond acceptors (Lipinski definition) is 5. The number of thiazole rings is 1. The Balaban J connectivity index is 1.29. The van der Waals surface area contributed by atoms with E-state index in [9.17, 15) is 0 Å². The first kappa shape index (κ1) is 19.2. The third kappa shape index (κ3) is 4.62. The minimum absolute atomic E-state index is 0.490. The highest BCUT2D eigenvalue weighted by Gasteiger charge is 2.26. The lowest BCUT2D eigenvalue weighted by Gasteiger charge is -2.13. The van der Waals surface area contributed by atoms with Gasteiger partial charge < -0.3 is 4.74 Å². The van der Waals surface area contributed by atoms with Crippen molar-refractivity contribution in [1.82, 2.24) is 20.1 Å². The fourth-order valence-electron chi connectivity index (χ4n) is 3.69. The van der Waals surface area contributed by atoms with Gasteiger partial charge in [0.2, 0.25) is 0 Å². The molecule has 1 atom stereocenters. The number of rotatable bonds is 7. The van der Waals surface area contributed by atoms with Gasteiger partial charge in [-0.15, -0.1) is 11.3 Å². The molecule has 0 spiro atoms. The number of aromatic nitrogens is 3. The molecule has 1 saturated heterocycles. The van der Waals surface area contributed by atoms with Gasteiger partial charge in [0.05, 0.1) is 16.4 Å². The number of ether oxygens (including phenoxy) is 1. The van der Waals surface area contributed by atoms with Crippen molar-refractivity contribution in [3.63, 3.8) is 0 Å². The SMILES string of the molecule is Cc1ncc(CN2CC[C@@H](c3cc(COc4ccc(C(C)C)cc4)[nH]n3)C2)s1. The minimum atomic E-state index is 0.490. The van der Waals surface area contributed by atoms with Gasteiger partial charge in [-0.3, -0.25) is 10.00 Å². The molecule has 0 aliphatic carbocycles. The summed E-state index contributed by atoms with van der Waals surface area (Å²) in [4.78, 5) is 8.20. The Morgan fingerprint density at radius 2 is 2.11 bits per heavy atom. The van der Waals surface area contributed by atoms with E-state index >= 15 is 0 Å². The highest BCUT2D eigenvalue weighted by Crippen LogP contribution is 2.28. The summed E-state index contributed by atoms with van der Waals surface area (Å²) in [6.45, 7) is 10.1. The third-order valence-electron chi connectivity index (χ3n) is 5.33. The van der Waals surface area contributed by atoms with Gasteiger partial charge in [0, 0.05) is 30.1 Å². The second-order valence-electron chi connectivity index (χ2n) is 7.90. The summed E-state index contributed by atoms with van der Waals surface area (Å²) in [7, 11) is 0. The molecule has 0 bridgehead atoms. The number of nitrogens with one attached hydrogen (secondary N) is 1. The van der Waals surface area contributed by atoms with Gasteiger partial charge in [0.15, 0.2) is 0 Å². The molecule has 1 fully saturated rings. The lowest BCUT2D eigenvalue weighted by Crippen LogP contribution is -2.19. The maximum absolute atomic E-state index is 5.92. The zero-order valence-electron chi connectivity index (χ0n) is 16.8. The summed E-state index contributed by atoms with van der Waals surface area (Å²) in [5.41, 5.74) is 3.51. The van der Waals surface area contributed by atoms with Crippen LogP contribution in [0.5, 0.6) is 5.75 Å². The number of hydrogen-bond donors (Lipinski definition) is 1. The Labute approximate surface area is 170 Å². The standard InChI is InChI=1S/C22H28N4OS/c1-15(2)17-4-6-20(7-5-17)27-14-19-10-22(25-24-19)18-8-9-26(12-18)13-21-11-23-16(3)28-21/h4-7,10-11,15,18H,8-9,12-14H2,1-3H3,(H,24,25)/t18-/m1/s1. The van der Waals surface area contributed by atoms with Crippen LogP contribution < -0.4 is 4.74 Å². The number of nitrogens with zero attached hydrogens (tertiary/aromatic N) is 3. The molecule has 6 heteroatoms. The highest BCUT2D eigenvalue weighted by molar-refractivity contribution is 7.11. The molecule has 1 N–H and O–H groups in total. The minimum Gasteiger partial charge on any atom is -0.487 e. The lowest BCUT2D eigenvalue weighted by molar-refractivity contribution is 0.301. The molecule has 1 aliphatic heterocycles. The van der Waals surface area contributed by atoms with Crippen molar-refractivity contribution in [2.24, 2.45) is 0 Å². The van der Waals surface area contributed by atoms with E-state index in [1.807, 2.05) is 18.3 Å². The monoisotopic (exact) mass is 396 g/mol. The van der Waals surface area contributed by atoms with E-state index in [4.69, 9.17) is 4.74 Å². The fourth-order valence-corrected chi connectivity index (χ4v) is 4.53. The van der Waals surface area contributed by atoms with E-state index in [1.54, 1.807) is 11.3 Å². The first-order valence-corrected chi connectivity index (χ1v) is 10.8. The maximum Gasteiger partial charge on any atom is 0.130 e. The van der Waals surface area contributed by atoms with Crippen LogP contribution in [0, 0.1) is 6.92 Å². The fraction of sp³-hybridized carbons (Fsp3) is 0.455. The van der Waals surface area contributed by atoms with E-state index in [0.717, 1.165) is 48.2 Å². The molecule has 28 heavy (non-hydrogen) atoms. The van der Waals surface area contributed by atoms with Crippen LogP contribution in [0.2, 0.25) is 0 Å². The zero-order valence-corrected chi connectivity index (χ0v) is 17.6. The Kier molecular flexibility index (Phi) is 5.78. The number of aryl methyl sites for hydroxylation is 1. The Bertz CT molecular complexity index is 899. The quantitative estimate of drug-likeness (QED) is 0.619. The molecule has 5 nitrogen and oxygen atoms in total. The summed E-state index contributed by atoms with van der Waals surface area (Å²) < 4.78 is 5.92. The molecule has 1 aliphatic rings. The molecule has 3 aromatic rings. The number of H-pyrrole nitrogens is 1. The van der Waals surface area contributed by atoms with Gasteiger partial charge in [-0.1, -0.05) is 26.0 Å². The van der Waals surface area contributed by atoms with Crippen molar-refractivity contribution in [2.45, 2.75) is 52.2 Å². The van der Waals surface area contributed by atoms with Crippen molar-refractivity contribution in [2.75, 3.05) is 13.1 Å². The maximum atomic E-state index is 5.92. The number of benzene rings is 1. The van der Waals surface area contributed by atoms with Gasteiger partial charge >= 0.3 is 0 Å². The average molecular weight is 397 g/mol. The van der Waals surface area contributed by atoms with Crippen molar-refractivity contribution >= 4 is 11.3 Å². The van der Waals surface area contributed by atoms with Crippen LogP contribution in [0.3, 0.4) is 0 Å². The van der Waals surface area contributed by atoms with Gasteiger partial charge in [-0.25, -0.2) is 4.98 Å². The van der Waals surface area contributed by atoms with Crippen LogP contribution in [-0.4, -0.2) is 33.2 Å². The molecule has 3 heterocycles. The number of likely N-dealkylation sites (tertiary alicyclic amines) is 1. The molecule has 0 radical (unpaired) electrons. The van der Waals surface area contributed by atoms with E-state index in [-0.39, 0.29) is 0 Å². The molecule has 4 rings (SSSR count). The average Bonchev–Trinajstić information content (AvgIpc) is 3.42. The summed E-state index contributed by atoms with van der Waals surface area (Å²) >= 11 is 1.79.